The van der Waals surface area contributed by atoms with E-state index in [9.17, 15) is 4.79 Å². The van der Waals surface area contributed by atoms with Crippen LogP contribution in [0.15, 0.2) is 0 Å². The summed E-state index contributed by atoms with van der Waals surface area (Å²) in [4.78, 5) is 14.2. The van der Waals surface area contributed by atoms with Gasteiger partial charge in [0.25, 0.3) is 0 Å². The summed E-state index contributed by atoms with van der Waals surface area (Å²) in [5.74, 6) is 0.0884. The minimum Gasteiger partial charge on any atom is -0.381 e. The lowest BCUT2D eigenvalue weighted by molar-refractivity contribution is -0.124. The Kier molecular flexibility index (Phi) is 6.65. The van der Waals surface area contributed by atoms with E-state index in [0.717, 1.165) is 19.6 Å². The van der Waals surface area contributed by atoms with Crippen LogP contribution in [0.4, 0.5) is 0 Å². The molecule has 0 aliphatic carbocycles. The van der Waals surface area contributed by atoms with Crippen molar-refractivity contribution >= 4 is 5.91 Å². The van der Waals surface area contributed by atoms with Gasteiger partial charge in [-0.05, 0) is 46.7 Å². The number of carbonyl (C=O) groups is 1. The Morgan fingerprint density at radius 1 is 1.28 bits per heavy atom. The van der Waals surface area contributed by atoms with Crippen LogP contribution >= 0.6 is 0 Å². The van der Waals surface area contributed by atoms with Crippen LogP contribution in [0.1, 0.15) is 46.5 Å². The summed E-state index contributed by atoms with van der Waals surface area (Å²) in [6, 6.07) is 0. The molecule has 0 atom stereocenters. The first-order valence-electron chi connectivity index (χ1n) is 7.14. The van der Waals surface area contributed by atoms with Crippen molar-refractivity contribution in [1.29, 1.82) is 0 Å². The van der Waals surface area contributed by atoms with Crippen LogP contribution < -0.4 is 5.32 Å². The Morgan fingerprint density at radius 2 is 1.94 bits per heavy atom. The molecule has 0 radical (unpaired) electrons. The van der Waals surface area contributed by atoms with E-state index < -0.39 is 0 Å². The van der Waals surface area contributed by atoms with Gasteiger partial charge in [-0.15, -0.1) is 0 Å². The van der Waals surface area contributed by atoms with E-state index in [-0.39, 0.29) is 11.4 Å². The van der Waals surface area contributed by atoms with Gasteiger partial charge in [-0.2, -0.15) is 0 Å². The highest BCUT2D eigenvalue weighted by Gasteiger charge is 2.24. The first-order valence-corrected chi connectivity index (χ1v) is 7.14. The second kappa shape index (κ2) is 7.74. The SMILES string of the molecule is CCOCCC(=O)NC(C)(C)CN1CCCCC1. The maximum absolute atomic E-state index is 11.8. The molecule has 1 rings (SSSR count). The summed E-state index contributed by atoms with van der Waals surface area (Å²) in [6.45, 7) is 10.6. The van der Waals surface area contributed by atoms with E-state index in [4.69, 9.17) is 4.74 Å². The average Bonchev–Trinajstić information content (AvgIpc) is 2.29. The zero-order chi connectivity index (χ0) is 13.4. The van der Waals surface area contributed by atoms with E-state index >= 15 is 0 Å². The number of hydrogen-bond donors (Lipinski definition) is 1. The Labute approximate surface area is 111 Å². The van der Waals surface area contributed by atoms with Crippen molar-refractivity contribution in [3.63, 3.8) is 0 Å². The second-order valence-corrected chi connectivity index (χ2v) is 5.72. The van der Waals surface area contributed by atoms with Gasteiger partial charge in [-0.3, -0.25) is 4.79 Å². The predicted octanol–water partition coefficient (Wildman–Crippen LogP) is 1.79. The molecule has 106 valence electrons. The summed E-state index contributed by atoms with van der Waals surface area (Å²) in [7, 11) is 0. The molecule has 1 saturated heterocycles. The Morgan fingerprint density at radius 3 is 2.56 bits per heavy atom. The quantitative estimate of drug-likeness (QED) is 0.706. The maximum atomic E-state index is 11.8. The highest BCUT2D eigenvalue weighted by atomic mass is 16.5. The second-order valence-electron chi connectivity index (χ2n) is 5.72. The van der Waals surface area contributed by atoms with Crippen molar-refractivity contribution in [2.75, 3.05) is 32.8 Å². The number of piperidine rings is 1. The van der Waals surface area contributed by atoms with Crippen LogP contribution in [0, 0.1) is 0 Å². The lowest BCUT2D eigenvalue weighted by atomic mass is 10.0. The molecule has 1 heterocycles. The average molecular weight is 256 g/mol. The maximum Gasteiger partial charge on any atom is 0.222 e. The van der Waals surface area contributed by atoms with Gasteiger partial charge < -0.3 is 15.0 Å². The van der Waals surface area contributed by atoms with Gasteiger partial charge in [0.1, 0.15) is 0 Å². The van der Waals surface area contributed by atoms with E-state index in [1.165, 1.54) is 19.3 Å². The number of likely N-dealkylation sites (tertiary alicyclic amines) is 1. The number of ether oxygens (including phenoxy) is 1. The number of hydrogen-bond acceptors (Lipinski definition) is 3. The van der Waals surface area contributed by atoms with Crippen molar-refractivity contribution in [3.8, 4) is 0 Å². The number of nitrogens with one attached hydrogen (secondary N) is 1. The lowest BCUT2D eigenvalue weighted by Crippen LogP contribution is -2.52. The number of amides is 1. The fourth-order valence-corrected chi connectivity index (χ4v) is 2.47. The molecule has 0 bridgehead atoms. The van der Waals surface area contributed by atoms with Gasteiger partial charge in [0.2, 0.25) is 5.91 Å². The Hall–Kier alpha value is -0.610. The number of rotatable bonds is 7. The van der Waals surface area contributed by atoms with Crippen LogP contribution in [0.5, 0.6) is 0 Å². The highest BCUT2D eigenvalue weighted by molar-refractivity contribution is 5.76. The molecule has 0 spiro atoms. The molecule has 4 nitrogen and oxygen atoms in total. The largest absolute Gasteiger partial charge is 0.381 e. The summed E-state index contributed by atoms with van der Waals surface area (Å²) >= 11 is 0. The molecule has 1 aliphatic heterocycles. The van der Waals surface area contributed by atoms with Gasteiger partial charge in [-0.1, -0.05) is 6.42 Å². The minimum atomic E-state index is -0.152. The molecular weight excluding hydrogens is 228 g/mol. The van der Waals surface area contributed by atoms with Gasteiger partial charge >= 0.3 is 0 Å². The monoisotopic (exact) mass is 256 g/mol. The van der Waals surface area contributed by atoms with E-state index in [1.807, 2.05) is 6.92 Å². The van der Waals surface area contributed by atoms with Crippen molar-refractivity contribution in [3.05, 3.63) is 0 Å². The molecule has 0 aromatic carbocycles. The molecular formula is C14H28N2O2. The third-order valence-electron chi connectivity index (χ3n) is 3.22. The van der Waals surface area contributed by atoms with Gasteiger partial charge in [0.15, 0.2) is 0 Å². The molecule has 4 heteroatoms. The zero-order valence-electron chi connectivity index (χ0n) is 12.1. The predicted molar refractivity (Wildman–Crippen MR) is 73.6 cm³/mol. The molecule has 0 saturated carbocycles. The molecule has 0 unspecified atom stereocenters. The third kappa shape index (κ3) is 6.36. The van der Waals surface area contributed by atoms with Gasteiger partial charge in [0, 0.05) is 25.1 Å². The van der Waals surface area contributed by atoms with Crippen LogP contribution in [0.2, 0.25) is 0 Å². The summed E-state index contributed by atoms with van der Waals surface area (Å²) in [5.41, 5.74) is -0.152. The summed E-state index contributed by atoms with van der Waals surface area (Å²) in [6.07, 6.45) is 4.37. The van der Waals surface area contributed by atoms with Crippen LogP contribution in [-0.4, -0.2) is 49.2 Å². The topological polar surface area (TPSA) is 41.6 Å². The third-order valence-corrected chi connectivity index (χ3v) is 3.22. The lowest BCUT2D eigenvalue weighted by Gasteiger charge is -2.35. The number of carbonyl (C=O) groups excluding carboxylic acids is 1. The van der Waals surface area contributed by atoms with Crippen LogP contribution in [0.3, 0.4) is 0 Å². The molecule has 1 aliphatic rings. The molecule has 1 amide bonds. The van der Waals surface area contributed by atoms with E-state index in [1.54, 1.807) is 0 Å². The minimum absolute atomic E-state index is 0.0884. The van der Waals surface area contributed by atoms with Crippen molar-refractivity contribution < 1.29 is 9.53 Å². The zero-order valence-corrected chi connectivity index (χ0v) is 12.1. The molecule has 18 heavy (non-hydrogen) atoms. The fraction of sp³-hybridized carbons (Fsp3) is 0.929. The molecule has 0 aromatic rings. The first kappa shape index (κ1) is 15.4. The molecule has 1 fully saturated rings. The van der Waals surface area contributed by atoms with Gasteiger partial charge in [0.05, 0.1) is 6.61 Å². The van der Waals surface area contributed by atoms with Crippen LogP contribution in [0.25, 0.3) is 0 Å². The Balaban J connectivity index is 2.26. The van der Waals surface area contributed by atoms with E-state index in [2.05, 4.69) is 24.1 Å². The molecule has 0 aromatic heterocycles. The number of nitrogens with zero attached hydrogens (tertiary/aromatic N) is 1. The summed E-state index contributed by atoms with van der Waals surface area (Å²) in [5, 5.41) is 3.10. The first-order chi connectivity index (χ1) is 8.53. The molecule has 1 N–H and O–H groups in total. The normalized spacial score (nSPS) is 17.7. The van der Waals surface area contributed by atoms with Crippen molar-refractivity contribution in [2.24, 2.45) is 0 Å². The summed E-state index contributed by atoms with van der Waals surface area (Å²) < 4.78 is 5.20. The standard InChI is InChI=1S/C14H28N2O2/c1-4-18-11-8-13(17)15-14(2,3)12-16-9-6-5-7-10-16/h4-12H2,1-3H3,(H,15,17). The van der Waals surface area contributed by atoms with Crippen molar-refractivity contribution in [1.82, 2.24) is 10.2 Å². The van der Waals surface area contributed by atoms with Crippen molar-refractivity contribution in [2.45, 2.75) is 52.0 Å². The smallest absolute Gasteiger partial charge is 0.222 e. The fourth-order valence-electron chi connectivity index (χ4n) is 2.47. The van der Waals surface area contributed by atoms with Gasteiger partial charge in [-0.25, -0.2) is 0 Å². The Bertz CT molecular complexity index is 248. The van der Waals surface area contributed by atoms with E-state index in [0.29, 0.717) is 19.6 Å². The highest BCUT2D eigenvalue weighted by Crippen LogP contribution is 2.13. The van der Waals surface area contributed by atoms with Crippen LogP contribution in [-0.2, 0) is 9.53 Å².